The molecule has 122 valence electrons. The van der Waals surface area contributed by atoms with Crippen molar-refractivity contribution >= 4 is 5.78 Å². The molecule has 5 heteroatoms. The fraction of sp³-hybridized carbons (Fsp3) is 0.444. The van der Waals surface area contributed by atoms with Crippen LogP contribution in [0.3, 0.4) is 0 Å². The number of carbonyl (C=O) groups is 1. The van der Waals surface area contributed by atoms with Crippen LogP contribution in [0.5, 0.6) is 5.75 Å². The summed E-state index contributed by atoms with van der Waals surface area (Å²) < 4.78 is 7.04. The lowest BCUT2D eigenvalue weighted by Crippen LogP contribution is -2.38. The Kier molecular flexibility index (Phi) is 4.76. The molecule has 5 nitrogen and oxygen atoms in total. The second kappa shape index (κ2) is 6.96. The zero-order valence-corrected chi connectivity index (χ0v) is 13.7. The smallest absolute Gasteiger partial charge is 0.167 e. The van der Waals surface area contributed by atoms with Gasteiger partial charge in [0.25, 0.3) is 0 Å². The van der Waals surface area contributed by atoms with Gasteiger partial charge in [-0.25, -0.2) is 0 Å². The first-order valence-electron chi connectivity index (χ1n) is 8.04. The highest BCUT2D eigenvalue weighted by Gasteiger charge is 2.26. The normalized spacial score (nSPS) is 18.8. The Hall–Kier alpha value is -2.14. The zero-order chi connectivity index (χ0) is 16.2. The van der Waals surface area contributed by atoms with Crippen molar-refractivity contribution in [3.05, 3.63) is 47.8 Å². The van der Waals surface area contributed by atoms with Gasteiger partial charge in [0.2, 0.25) is 0 Å². The fourth-order valence-electron chi connectivity index (χ4n) is 3.24. The van der Waals surface area contributed by atoms with Crippen LogP contribution in [0.2, 0.25) is 0 Å². The van der Waals surface area contributed by atoms with Gasteiger partial charge in [0.1, 0.15) is 5.75 Å². The first kappa shape index (κ1) is 15.7. The van der Waals surface area contributed by atoms with E-state index < -0.39 is 0 Å². The molecule has 1 aromatic carbocycles. The number of likely N-dealkylation sites (tertiary alicyclic amines) is 1. The van der Waals surface area contributed by atoms with Crippen LogP contribution in [-0.4, -0.2) is 40.7 Å². The Morgan fingerprint density at radius 2 is 2.30 bits per heavy atom. The monoisotopic (exact) mass is 313 g/mol. The fourth-order valence-corrected chi connectivity index (χ4v) is 3.24. The van der Waals surface area contributed by atoms with Gasteiger partial charge < -0.3 is 4.74 Å². The molecule has 0 bridgehead atoms. The molecule has 0 spiro atoms. The number of aryl methyl sites for hydroxylation is 1. The third-order valence-electron chi connectivity index (χ3n) is 4.40. The van der Waals surface area contributed by atoms with Crippen LogP contribution in [0, 0.1) is 5.92 Å². The van der Waals surface area contributed by atoms with E-state index in [0.29, 0.717) is 0 Å². The average molecular weight is 313 g/mol. The number of hydrogen-bond donors (Lipinski definition) is 0. The topological polar surface area (TPSA) is 47.4 Å². The Morgan fingerprint density at radius 1 is 1.43 bits per heavy atom. The molecule has 2 aromatic rings. The number of methoxy groups -OCH3 is 1. The number of carbonyl (C=O) groups excluding carboxylic acids is 1. The van der Waals surface area contributed by atoms with Crippen molar-refractivity contribution in [3.63, 3.8) is 0 Å². The summed E-state index contributed by atoms with van der Waals surface area (Å²) in [5.41, 5.74) is 1.94. The number of nitrogens with zero attached hydrogens (tertiary/aromatic N) is 3. The second-order valence-corrected chi connectivity index (χ2v) is 6.19. The van der Waals surface area contributed by atoms with Gasteiger partial charge in [-0.3, -0.25) is 14.4 Å². The lowest BCUT2D eigenvalue weighted by atomic mass is 9.90. The van der Waals surface area contributed by atoms with Gasteiger partial charge in [0, 0.05) is 43.4 Å². The molecular formula is C18H23N3O2. The van der Waals surface area contributed by atoms with Crippen molar-refractivity contribution in [2.24, 2.45) is 13.0 Å². The summed E-state index contributed by atoms with van der Waals surface area (Å²) in [5, 5.41) is 4.21. The summed E-state index contributed by atoms with van der Waals surface area (Å²) in [4.78, 5) is 15.1. The maximum absolute atomic E-state index is 12.8. The first-order valence-corrected chi connectivity index (χ1v) is 8.04. The summed E-state index contributed by atoms with van der Waals surface area (Å²) in [7, 11) is 3.55. The number of Topliss-reactive ketones (excluding diaryl/α,β-unsaturated/α-hetero) is 1. The van der Waals surface area contributed by atoms with Crippen molar-refractivity contribution in [1.82, 2.24) is 14.7 Å². The van der Waals surface area contributed by atoms with Gasteiger partial charge in [-0.05, 0) is 31.5 Å². The highest BCUT2D eigenvalue weighted by atomic mass is 16.5. The van der Waals surface area contributed by atoms with Crippen LogP contribution in [0.1, 0.15) is 28.8 Å². The number of aromatic nitrogens is 2. The van der Waals surface area contributed by atoms with Crippen molar-refractivity contribution in [2.45, 2.75) is 19.4 Å². The molecule has 1 aliphatic heterocycles. The minimum Gasteiger partial charge on any atom is -0.497 e. The number of ketones is 1. The minimum absolute atomic E-state index is 0.0625. The molecule has 23 heavy (non-hydrogen) atoms. The standard InChI is InChI=1S/C18H23N3O2/c1-20-11-14(10-19-20)12-21-8-4-6-16(13-21)18(22)15-5-3-7-17(9-15)23-2/h3,5,7,9-11,16H,4,6,8,12-13H2,1-2H3/t16-/m1/s1. The summed E-state index contributed by atoms with van der Waals surface area (Å²) >= 11 is 0. The quantitative estimate of drug-likeness (QED) is 0.796. The molecular weight excluding hydrogens is 290 g/mol. The van der Waals surface area contributed by atoms with E-state index in [0.717, 1.165) is 43.8 Å². The van der Waals surface area contributed by atoms with Crippen LogP contribution >= 0.6 is 0 Å². The van der Waals surface area contributed by atoms with Gasteiger partial charge >= 0.3 is 0 Å². The number of rotatable bonds is 5. The molecule has 1 saturated heterocycles. The third kappa shape index (κ3) is 3.79. The van der Waals surface area contributed by atoms with E-state index in [1.807, 2.05) is 48.4 Å². The van der Waals surface area contributed by atoms with Crippen molar-refractivity contribution in [1.29, 1.82) is 0 Å². The van der Waals surface area contributed by atoms with E-state index in [2.05, 4.69) is 10.00 Å². The highest BCUT2D eigenvalue weighted by molar-refractivity contribution is 5.98. The average Bonchev–Trinajstić information content (AvgIpc) is 2.99. The molecule has 0 unspecified atom stereocenters. The number of hydrogen-bond acceptors (Lipinski definition) is 4. The lowest BCUT2D eigenvalue weighted by molar-refractivity contribution is 0.0811. The molecule has 0 radical (unpaired) electrons. The summed E-state index contributed by atoms with van der Waals surface area (Å²) in [5.74, 6) is 1.02. The van der Waals surface area contributed by atoms with E-state index in [4.69, 9.17) is 4.74 Å². The van der Waals surface area contributed by atoms with E-state index in [-0.39, 0.29) is 11.7 Å². The third-order valence-corrected chi connectivity index (χ3v) is 4.40. The van der Waals surface area contributed by atoms with E-state index >= 15 is 0 Å². The molecule has 0 saturated carbocycles. The Balaban J connectivity index is 1.66. The number of benzene rings is 1. The summed E-state index contributed by atoms with van der Waals surface area (Å²) in [6.07, 6.45) is 5.95. The zero-order valence-electron chi connectivity index (χ0n) is 13.7. The maximum atomic E-state index is 12.8. The number of piperidine rings is 1. The molecule has 1 fully saturated rings. The molecule has 1 aromatic heterocycles. The Bertz CT molecular complexity index is 680. The Labute approximate surface area is 136 Å². The predicted octanol–water partition coefficient (Wildman–Crippen LogP) is 2.52. The maximum Gasteiger partial charge on any atom is 0.167 e. The molecule has 3 rings (SSSR count). The van der Waals surface area contributed by atoms with E-state index in [1.165, 1.54) is 5.56 Å². The van der Waals surface area contributed by atoms with Crippen LogP contribution in [0.15, 0.2) is 36.7 Å². The van der Waals surface area contributed by atoms with Gasteiger partial charge in [-0.1, -0.05) is 12.1 Å². The molecule has 1 aliphatic rings. The van der Waals surface area contributed by atoms with Crippen LogP contribution in [-0.2, 0) is 13.6 Å². The predicted molar refractivity (Wildman–Crippen MR) is 88.5 cm³/mol. The molecule has 1 atom stereocenters. The SMILES string of the molecule is COc1cccc(C(=O)[C@@H]2CCCN(Cc3cnn(C)c3)C2)c1. The van der Waals surface area contributed by atoms with E-state index in [1.54, 1.807) is 7.11 Å². The van der Waals surface area contributed by atoms with Gasteiger partial charge in [0.15, 0.2) is 5.78 Å². The van der Waals surface area contributed by atoms with Crippen molar-refractivity contribution in [2.75, 3.05) is 20.2 Å². The second-order valence-electron chi connectivity index (χ2n) is 6.19. The van der Waals surface area contributed by atoms with Crippen LogP contribution in [0.4, 0.5) is 0 Å². The van der Waals surface area contributed by atoms with Crippen LogP contribution < -0.4 is 4.74 Å². The van der Waals surface area contributed by atoms with Crippen molar-refractivity contribution in [3.8, 4) is 5.75 Å². The van der Waals surface area contributed by atoms with Crippen LogP contribution in [0.25, 0.3) is 0 Å². The molecule has 0 amide bonds. The highest BCUT2D eigenvalue weighted by Crippen LogP contribution is 2.24. The van der Waals surface area contributed by atoms with Gasteiger partial charge in [0.05, 0.1) is 13.3 Å². The van der Waals surface area contributed by atoms with E-state index in [9.17, 15) is 4.79 Å². The van der Waals surface area contributed by atoms with Gasteiger partial charge in [-0.15, -0.1) is 0 Å². The van der Waals surface area contributed by atoms with Gasteiger partial charge in [-0.2, -0.15) is 5.10 Å². The molecule has 0 aliphatic carbocycles. The lowest BCUT2D eigenvalue weighted by Gasteiger charge is -2.31. The molecule has 2 heterocycles. The summed E-state index contributed by atoms with van der Waals surface area (Å²) in [6, 6.07) is 7.46. The molecule has 0 N–H and O–H groups in total. The Morgan fingerprint density at radius 3 is 3.04 bits per heavy atom. The minimum atomic E-state index is 0.0625. The first-order chi connectivity index (χ1) is 11.2. The van der Waals surface area contributed by atoms with Crippen molar-refractivity contribution < 1.29 is 9.53 Å². The number of ether oxygens (including phenoxy) is 1. The largest absolute Gasteiger partial charge is 0.497 e. The summed E-state index contributed by atoms with van der Waals surface area (Å²) in [6.45, 7) is 2.71.